The van der Waals surface area contributed by atoms with Crippen molar-refractivity contribution >= 4 is 41.2 Å². The van der Waals surface area contributed by atoms with Gasteiger partial charge in [-0.05, 0) is 49.9 Å². The molecule has 0 saturated heterocycles. The zero-order valence-electron chi connectivity index (χ0n) is 15.1. The Morgan fingerprint density at radius 2 is 2.18 bits per heavy atom. The summed E-state index contributed by atoms with van der Waals surface area (Å²) in [6, 6.07) is 3.00. The number of carbonyl (C=O) groups excluding carboxylic acids is 1. The minimum Gasteiger partial charge on any atom is -0.395 e. The lowest BCUT2D eigenvalue weighted by molar-refractivity contribution is 0.101. The summed E-state index contributed by atoms with van der Waals surface area (Å²) in [5.41, 5.74) is 1.19. The van der Waals surface area contributed by atoms with E-state index in [1.165, 1.54) is 18.0 Å². The summed E-state index contributed by atoms with van der Waals surface area (Å²) in [5, 5.41) is 12.1. The van der Waals surface area contributed by atoms with Crippen molar-refractivity contribution in [2.75, 3.05) is 11.9 Å². The van der Waals surface area contributed by atoms with Crippen LogP contribution in [0, 0.1) is 11.6 Å². The highest BCUT2D eigenvalue weighted by Crippen LogP contribution is 2.37. The molecule has 1 aromatic heterocycles. The van der Waals surface area contributed by atoms with Gasteiger partial charge in [-0.2, -0.15) is 0 Å². The molecule has 0 fully saturated rings. The van der Waals surface area contributed by atoms with Gasteiger partial charge in [0.25, 0.3) is 5.91 Å². The number of halogens is 3. The van der Waals surface area contributed by atoms with Gasteiger partial charge in [-0.25, -0.2) is 8.78 Å². The molecule has 0 saturated carbocycles. The van der Waals surface area contributed by atoms with Gasteiger partial charge in [0.1, 0.15) is 5.69 Å². The third-order valence-corrected chi connectivity index (χ3v) is 5.88. The highest BCUT2D eigenvalue weighted by atomic mass is 35.5. The fourth-order valence-corrected chi connectivity index (χ4v) is 4.08. The Kier molecular flexibility index (Phi) is 6.77. The summed E-state index contributed by atoms with van der Waals surface area (Å²) in [6.45, 7) is 2.38. The van der Waals surface area contributed by atoms with Crippen molar-refractivity contribution in [2.24, 2.45) is 0 Å². The van der Waals surface area contributed by atoms with Gasteiger partial charge in [0.05, 0.1) is 22.2 Å². The lowest BCUT2D eigenvalue weighted by Crippen LogP contribution is -2.22. The molecular formula is C19H20ClF2N3O2S. The topological polar surface area (TPSA) is 66.3 Å². The normalized spacial score (nSPS) is 14.5. The number of benzene rings is 1. The van der Waals surface area contributed by atoms with Crippen LogP contribution in [0.15, 0.2) is 29.2 Å². The van der Waals surface area contributed by atoms with E-state index in [2.05, 4.69) is 10.0 Å². The fraction of sp³-hybridized carbons (Fsp3) is 0.316. The lowest BCUT2D eigenvalue weighted by atomic mass is 10.2. The van der Waals surface area contributed by atoms with E-state index in [9.17, 15) is 18.7 Å². The van der Waals surface area contributed by atoms with Crippen LogP contribution in [0.4, 0.5) is 14.5 Å². The number of aliphatic hydroxyl groups is 1. The summed E-state index contributed by atoms with van der Waals surface area (Å²) in [5.74, 6) is -2.53. The summed E-state index contributed by atoms with van der Waals surface area (Å²) in [6.07, 6.45) is 5.64. The minimum absolute atomic E-state index is 0.0417. The Hall–Kier alpha value is -1.87. The number of carbonyl (C=O) groups is 1. The molecule has 1 aliphatic rings. The van der Waals surface area contributed by atoms with Gasteiger partial charge in [0.2, 0.25) is 0 Å². The maximum absolute atomic E-state index is 13.5. The second kappa shape index (κ2) is 9.09. The van der Waals surface area contributed by atoms with Gasteiger partial charge < -0.3 is 15.0 Å². The number of hydrogen-bond acceptors (Lipinski definition) is 4. The van der Waals surface area contributed by atoms with Crippen molar-refractivity contribution in [2.45, 2.75) is 37.2 Å². The number of allylic oxidation sites excluding steroid dienone is 1. The van der Waals surface area contributed by atoms with Crippen molar-refractivity contribution < 1.29 is 18.7 Å². The molecule has 2 aromatic rings. The number of nitrogens with one attached hydrogen (secondary N) is 2. The number of amides is 1. The number of anilines is 1. The standard InChI is InChI=1S/C19H20ClF2N3O2S/c1-11(10-26)24-28-18-15-5-3-2-4-8-25(15)17(16(18)20)19(27)23-12-6-7-13(21)14(22)9-12/h3,5-7,9,11,24,26H,2,4,8,10H2,1H3,(H,23,27). The monoisotopic (exact) mass is 427 g/mol. The van der Waals surface area contributed by atoms with E-state index in [-0.39, 0.29) is 29.1 Å². The van der Waals surface area contributed by atoms with E-state index in [0.29, 0.717) is 11.4 Å². The Labute approximate surface area is 170 Å². The first kappa shape index (κ1) is 20.9. The maximum atomic E-state index is 13.5. The van der Waals surface area contributed by atoms with Crippen LogP contribution in [-0.4, -0.2) is 28.2 Å². The van der Waals surface area contributed by atoms with Gasteiger partial charge in [-0.15, -0.1) is 0 Å². The molecule has 0 aliphatic carbocycles. The molecule has 3 N–H and O–H groups in total. The van der Waals surface area contributed by atoms with Crippen molar-refractivity contribution in [3.05, 3.63) is 52.3 Å². The first-order valence-electron chi connectivity index (χ1n) is 8.80. The van der Waals surface area contributed by atoms with Gasteiger partial charge in [0, 0.05) is 24.3 Å². The molecule has 1 aliphatic heterocycles. The van der Waals surface area contributed by atoms with Gasteiger partial charge >= 0.3 is 0 Å². The molecule has 1 atom stereocenters. The van der Waals surface area contributed by atoms with Crippen LogP contribution in [-0.2, 0) is 6.54 Å². The van der Waals surface area contributed by atoms with Crippen LogP contribution in [0.3, 0.4) is 0 Å². The zero-order chi connectivity index (χ0) is 20.3. The van der Waals surface area contributed by atoms with E-state index in [0.717, 1.165) is 30.7 Å². The average molecular weight is 428 g/mol. The summed E-state index contributed by atoms with van der Waals surface area (Å²) < 4.78 is 31.5. The van der Waals surface area contributed by atoms with E-state index < -0.39 is 17.5 Å². The largest absolute Gasteiger partial charge is 0.395 e. The molecule has 1 unspecified atom stereocenters. The van der Waals surface area contributed by atoms with Crippen LogP contribution in [0.5, 0.6) is 0 Å². The van der Waals surface area contributed by atoms with E-state index in [1.54, 1.807) is 0 Å². The second-order valence-electron chi connectivity index (χ2n) is 6.46. The third-order valence-electron chi connectivity index (χ3n) is 4.26. The van der Waals surface area contributed by atoms with Crippen LogP contribution in [0.25, 0.3) is 6.08 Å². The Bertz CT molecular complexity index is 917. The third kappa shape index (κ3) is 4.41. The van der Waals surface area contributed by atoms with Crippen LogP contribution >= 0.6 is 23.5 Å². The SMILES string of the molecule is CC(CO)NSc1c(Cl)c(C(=O)Nc2ccc(F)c(F)c2)n2c1C=CCCC2. The quantitative estimate of drug-likeness (QED) is 0.595. The highest BCUT2D eigenvalue weighted by Gasteiger charge is 2.26. The maximum Gasteiger partial charge on any atom is 0.273 e. The number of rotatable bonds is 6. The summed E-state index contributed by atoms with van der Waals surface area (Å²) >= 11 is 7.79. The van der Waals surface area contributed by atoms with Crippen LogP contribution < -0.4 is 10.0 Å². The average Bonchev–Trinajstić information content (AvgIpc) is 2.80. The zero-order valence-corrected chi connectivity index (χ0v) is 16.7. The van der Waals surface area contributed by atoms with Gasteiger partial charge in [-0.3, -0.25) is 9.52 Å². The number of aromatic nitrogens is 1. The molecule has 1 aromatic carbocycles. The molecule has 2 heterocycles. The Morgan fingerprint density at radius 1 is 1.39 bits per heavy atom. The molecule has 0 bridgehead atoms. The predicted octanol–water partition coefficient (Wildman–Crippen LogP) is 4.46. The van der Waals surface area contributed by atoms with Crippen molar-refractivity contribution in [1.82, 2.24) is 9.29 Å². The first-order chi connectivity index (χ1) is 13.4. The molecule has 9 heteroatoms. The molecule has 150 valence electrons. The molecule has 0 radical (unpaired) electrons. The number of fused-ring (bicyclic) bond motifs is 1. The summed E-state index contributed by atoms with van der Waals surface area (Å²) in [7, 11) is 0. The molecule has 1 amide bonds. The smallest absolute Gasteiger partial charge is 0.273 e. The summed E-state index contributed by atoms with van der Waals surface area (Å²) in [4.78, 5) is 13.6. The first-order valence-corrected chi connectivity index (χ1v) is 10.00. The van der Waals surface area contributed by atoms with Crippen molar-refractivity contribution in [1.29, 1.82) is 0 Å². The van der Waals surface area contributed by atoms with Crippen molar-refractivity contribution in [3.8, 4) is 0 Å². The lowest BCUT2D eigenvalue weighted by Gasteiger charge is -2.11. The number of aliphatic hydroxyl groups excluding tert-OH is 1. The molecule has 0 spiro atoms. The molecule has 5 nitrogen and oxygen atoms in total. The number of hydrogen-bond donors (Lipinski definition) is 3. The Morgan fingerprint density at radius 3 is 2.89 bits per heavy atom. The van der Waals surface area contributed by atoms with Crippen LogP contribution in [0.1, 0.15) is 35.9 Å². The predicted molar refractivity (Wildman–Crippen MR) is 108 cm³/mol. The molecule has 28 heavy (non-hydrogen) atoms. The molecule has 3 rings (SSSR count). The number of nitrogens with zero attached hydrogens (tertiary/aromatic N) is 1. The van der Waals surface area contributed by atoms with E-state index in [1.807, 2.05) is 23.6 Å². The minimum atomic E-state index is -1.04. The van der Waals surface area contributed by atoms with Crippen molar-refractivity contribution in [3.63, 3.8) is 0 Å². The van der Waals surface area contributed by atoms with Crippen LogP contribution in [0.2, 0.25) is 5.02 Å². The van der Waals surface area contributed by atoms with E-state index >= 15 is 0 Å². The highest BCUT2D eigenvalue weighted by molar-refractivity contribution is 7.97. The van der Waals surface area contributed by atoms with E-state index in [4.69, 9.17) is 11.6 Å². The second-order valence-corrected chi connectivity index (χ2v) is 7.69. The Balaban J connectivity index is 1.95. The van der Waals surface area contributed by atoms with Gasteiger partial charge in [0.15, 0.2) is 11.6 Å². The van der Waals surface area contributed by atoms with Gasteiger partial charge in [-0.1, -0.05) is 17.7 Å². The molecular weight excluding hydrogens is 408 g/mol. The fourth-order valence-electron chi connectivity index (χ4n) is 2.82.